The van der Waals surface area contributed by atoms with Crippen molar-refractivity contribution in [2.24, 2.45) is 0 Å². The van der Waals surface area contributed by atoms with Crippen LogP contribution in [0, 0.1) is 0 Å². The predicted octanol–water partition coefficient (Wildman–Crippen LogP) is 4.52. The number of hydrogen-bond donors (Lipinski definition) is 2. The maximum Gasteiger partial charge on any atom is 0.250 e. The second-order valence-electron chi connectivity index (χ2n) is 4.29. The van der Waals surface area contributed by atoms with E-state index in [0.29, 0.717) is 15.7 Å². The van der Waals surface area contributed by atoms with Crippen LogP contribution in [0.5, 0.6) is 0 Å². The Labute approximate surface area is 143 Å². The van der Waals surface area contributed by atoms with E-state index in [-0.39, 0.29) is 11.0 Å². The molecule has 0 atom stereocenters. The van der Waals surface area contributed by atoms with Crippen LogP contribution < -0.4 is 10.6 Å². The summed E-state index contributed by atoms with van der Waals surface area (Å²) in [4.78, 5) is 11.8. The van der Waals surface area contributed by atoms with Crippen molar-refractivity contribution in [1.29, 1.82) is 0 Å². The van der Waals surface area contributed by atoms with Gasteiger partial charge in [-0.15, -0.1) is 0 Å². The number of thiocarbonyl (C=S) groups is 1. The Kier molecular flexibility index (Phi) is 5.95. The zero-order valence-electron chi connectivity index (χ0n) is 11.3. The molecule has 0 radical (unpaired) electrons. The Bertz CT molecular complexity index is 717. The van der Waals surface area contributed by atoms with Gasteiger partial charge in [0.15, 0.2) is 5.11 Å². The molecular formula is C16H12Cl2N2OS. The molecular weight excluding hydrogens is 339 g/mol. The van der Waals surface area contributed by atoms with Crippen molar-refractivity contribution in [3.05, 3.63) is 70.2 Å². The van der Waals surface area contributed by atoms with Gasteiger partial charge in [-0.2, -0.15) is 0 Å². The number of nitrogens with one attached hydrogen (secondary N) is 2. The average Bonchev–Trinajstić information content (AvgIpc) is 2.51. The normalized spacial score (nSPS) is 10.5. The highest BCUT2D eigenvalue weighted by atomic mass is 35.5. The minimum absolute atomic E-state index is 0.145. The van der Waals surface area contributed by atoms with Gasteiger partial charge in [-0.1, -0.05) is 59.6 Å². The van der Waals surface area contributed by atoms with E-state index in [4.69, 9.17) is 35.4 Å². The van der Waals surface area contributed by atoms with Crippen molar-refractivity contribution in [3.63, 3.8) is 0 Å². The topological polar surface area (TPSA) is 41.1 Å². The Morgan fingerprint density at radius 3 is 2.50 bits per heavy atom. The van der Waals surface area contributed by atoms with Crippen LogP contribution in [0.3, 0.4) is 0 Å². The summed E-state index contributed by atoms with van der Waals surface area (Å²) in [5.41, 5.74) is 1.46. The van der Waals surface area contributed by atoms with Gasteiger partial charge in [0.05, 0.1) is 15.7 Å². The quantitative estimate of drug-likeness (QED) is 0.631. The van der Waals surface area contributed by atoms with Crippen LogP contribution in [0.25, 0.3) is 6.08 Å². The van der Waals surface area contributed by atoms with Crippen LogP contribution in [0.4, 0.5) is 5.69 Å². The lowest BCUT2D eigenvalue weighted by Crippen LogP contribution is -2.32. The van der Waals surface area contributed by atoms with Gasteiger partial charge in [0.25, 0.3) is 0 Å². The van der Waals surface area contributed by atoms with E-state index in [2.05, 4.69) is 10.6 Å². The second-order valence-corrected chi connectivity index (χ2v) is 5.48. The summed E-state index contributed by atoms with van der Waals surface area (Å²) in [6.07, 6.45) is 3.10. The van der Waals surface area contributed by atoms with Crippen LogP contribution in [0.15, 0.2) is 54.6 Å². The Hall–Kier alpha value is -1.88. The zero-order chi connectivity index (χ0) is 15.9. The maximum atomic E-state index is 11.8. The lowest BCUT2D eigenvalue weighted by molar-refractivity contribution is -0.115. The number of hydrogen-bond acceptors (Lipinski definition) is 2. The van der Waals surface area contributed by atoms with Gasteiger partial charge < -0.3 is 5.32 Å². The number of rotatable bonds is 3. The second kappa shape index (κ2) is 7.94. The number of benzene rings is 2. The van der Waals surface area contributed by atoms with Crippen molar-refractivity contribution < 1.29 is 4.79 Å². The van der Waals surface area contributed by atoms with Gasteiger partial charge >= 0.3 is 0 Å². The molecule has 0 saturated carbocycles. The van der Waals surface area contributed by atoms with Gasteiger partial charge in [0.2, 0.25) is 5.91 Å². The highest BCUT2D eigenvalue weighted by Crippen LogP contribution is 2.29. The van der Waals surface area contributed by atoms with Gasteiger partial charge in [-0.3, -0.25) is 10.1 Å². The Morgan fingerprint density at radius 2 is 1.77 bits per heavy atom. The summed E-state index contributed by atoms with van der Waals surface area (Å²) in [6, 6.07) is 14.6. The fourth-order valence-electron chi connectivity index (χ4n) is 1.64. The third kappa shape index (κ3) is 4.84. The highest BCUT2D eigenvalue weighted by Gasteiger charge is 2.07. The highest BCUT2D eigenvalue weighted by molar-refractivity contribution is 7.80. The molecule has 0 unspecified atom stereocenters. The first kappa shape index (κ1) is 16.5. The molecule has 3 nitrogen and oxygen atoms in total. The molecule has 0 aliphatic carbocycles. The molecule has 0 aliphatic rings. The van der Waals surface area contributed by atoms with E-state index < -0.39 is 0 Å². The van der Waals surface area contributed by atoms with E-state index in [0.717, 1.165) is 5.56 Å². The van der Waals surface area contributed by atoms with Gasteiger partial charge in [-0.05, 0) is 36.0 Å². The first-order valence-electron chi connectivity index (χ1n) is 6.35. The average molecular weight is 351 g/mol. The molecule has 0 aliphatic heterocycles. The lowest BCUT2D eigenvalue weighted by Gasteiger charge is -2.10. The van der Waals surface area contributed by atoms with Crippen molar-refractivity contribution in [3.8, 4) is 0 Å². The minimum atomic E-state index is -0.334. The van der Waals surface area contributed by atoms with Crippen molar-refractivity contribution in [2.45, 2.75) is 0 Å². The molecule has 2 rings (SSSR count). The number of carbonyl (C=O) groups excluding carboxylic acids is 1. The molecule has 112 valence electrons. The van der Waals surface area contributed by atoms with Crippen molar-refractivity contribution in [1.82, 2.24) is 5.32 Å². The van der Waals surface area contributed by atoms with Crippen LogP contribution >= 0.6 is 35.4 Å². The van der Waals surface area contributed by atoms with Crippen LogP contribution in [-0.2, 0) is 4.79 Å². The molecule has 6 heteroatoms. The number of amides is 1. The molecule has 2 aromatic carbocycles. The summed E-state index contributed by atoms with van der Waals surface area (Å²) in [5, 5.41) is 6.27. The van der Waals surface area contributed by atoms with E-state index in [1.54, 1.807) is 24.3 Å². The van der Waals surface area contributed by atoms with Gasteiger partial charge in [0.1, 0.15) is 0 Å². The summed E-state index contributed by atoms with van der Waals surface area (Å²) in [7, 11) is 0. The number of carbonyl (C=O) groups is 1. The third-order valence-electron chi connectivity index (χ3n) is 2.66. The molecule has 22 heavy (non-hydrogen) atoms. The van der Waals surface area contributed by atoms with Gasteiger partial charge in [0, 0.05) is 6.08 Å². The largest absolute Gasteiger partial charge is 0.331 e. The van der Waals surface area contributed by atoms with E-state index in [9.17, 15) is 4.79 Å². The van der Waals surface area contributed by atoms with E-state index in [1.165, 1.54) is 6.08 Å². The van der Waals surface area contributed by atoms with Crippen LogP contribution in [0.2, 0.25) is 10.0 Å². The predicted molar refractivity (Wildman–Crippen MR) is 96.3 cm³/mol. The summed E-state index contributed by atoms with van der Waals surface area (Å²) in [6.45, 7) is 0. The number of anilines is 1. The summed E-state index contributed by atoms with van der Waals surface area (Å²) < 4.78 is 0. The summed E-state index contributed by atoms with van der Waals surface area (Å²) in [5.74, 6) is -0.334. The standard InChI is InChI=1S/C16H12Cl2N2OS/c17-12-7-4-8-13(15(12)18)19-16(22)20-14(21)10-9-11-5-2-1-3-6-11/h1-10H,(H2,19,20,21,22)/b10-9-. The zero-order valence-corrected chi connectivity index (χ0v) is 13.7. The molecule has 2 N–H and O–H groups in total. The Balaban J connectivity index is 1.93. The third-order valence-corrected chi connectivity index (χ3v) is 3.69. The molecule has 0 aromatic heterocycles. The molecule has 0 bridgehead atoms. The van der Waals surface area contributed by atoms with Crippen LogP contribution in [0.1, 0.15) is 5.56 Å². The fraction of sp³-hybridized carbons (Fsp3) is 0. The van der Waals surface area contributed by atoms with E-state index in [1.807, 2.05) is 30.3 Å². The fourth-order valence-corrected chi connectivity index (χ4v) is 2.20. The minimum Gasteiger partial charge on any atom is -0.331 e. The van der Waals surface area contributed by atoms with E-state index >= 15 is 0 Å². The molecule has 0 spiro atoms. The lowest BCUT2D eigenvalue weighted by atomic mass is 10.2. The smallest absolute Gasteiger partial charge is 0.250 e. The number of halogens is 2. The molecule has 2 aromatic rings. The summed E-state index contributed by atoms with van der Waals surface area (Å²) >= 11 is 17.0. The maximum absolute atomic E-state index is 11.8. The molecule has 0 heterocycles. The molecule has 0 fully saturated rings. The van der Waals surface area contributed by atoms with Crippen molar-refractivity contribution in [2.75, 3.05) is 5.32 Å². The Morgan fingerprint density at radius 1 is 1.05 bits per heavy atom. The molecule has 0 saturated heterocycles. The molecule has 1 amide bonds. The SMILES string of the molecule is O=C(/C=C\c1ccccc1)NC(=S)Nc1cccc(Cl)c1Cl. The van der Waals surface area contributed by atoms with Gasteiger partial charge in [-0.25, -0.2) is 0 Å². The first-order valence-corrected chi connectivity index (χ1v) is 7.52. The monoisotopic (exact) mass is 350 g/mol. The van der Waals surface area contributed by atoms with Crippen LogP contribution in [-0.4, -0.2) is 11.0 Å². The van der Waals surface area contributed by atoms with Crippen molar-refractivity contribution >= 4 is 58.2 Å². The first-order chi connectivity index (χ1) is 10.6.